The average molecular weight is 213 g/mol. The van der Waals surface area contributed by atoms with Gasteiger partial charge in [0.05, 0.1) is 5.69 Å². The Morgan fingerprint density at radius 1 is 0.929 bits per heavy atom. The van der Waals surface area contributed by atoms with Gasteiger partial charge in [0, 0.05) is 11.3 Å². The highest BCUT2D eigenvalue weighted by Crippen LogP contribution is 2.12. The highest BCUT2D eigenvalue weighted by Gasteiger charge is 2.18. The molecule has 0 aliphatic carbocycles. The molecule has 2 heterocycles. The van der Waals surface area contributed by atoms with Gasteiger partial charge in [-0.25, -0.2) is 0 Å². The van der Waals surface area contributed by atoms with E-state index in [0.29, 0.717) is 11.3 Å². The fourth-order valence-corrected chi connectivity index (χ4v) is 1.80. The second-order valence-electron chi connectivity index (χ2n) is 3.34. The molecular weight excluding hydrogens is 204 g/mol. The molecule has 74 valence electrons. The summed E-state index contributed by atoms with van der Waals surface area (Å²) in [5, 5.41) is 0.116. The van der Waals surface area contributed by atoms with Gasteiger partial charge < -0.3 is 0 Å². The summed E-state index contributed by atoms with van der Waals surface area (Å²) in [7, 11) is 0. The highest BCUT2D eigenvalue weighted by atomic mass is 35.5. The van der Waals surface area contributed by atoms with Gasteiger partial charge in [0.25, 0.3) is 11.1 Å². The van der Waals surface area contributed by atoms with E-state index in [0.717, 1.165) is 10.2 Å². The van der Waals surface area contributed by atoms with Crippen LogP contribution in [-0.2, 0) is 0 Å². The molecule has 4 nitrogen and oxygen atoms in total. The minimum Gasteiger partial charge on any atom is -0.267 e. The first kappa shape index (κ1) is 9.27. The number of fused-ring (bicyclic) bond motifs is 1. The maximum Gasteiger partial charge on any atom is 0.293 e. The molecule has 14 heavy (non-hydrogen) atoms. The lowest BCUT2D eigenvalue weighted by atomic mass is 10.3. The third kappa shape index (κ3) is 0.838. The number of nitrogens with zero attached hydrogens (tertiary/aromatic N) is 2. The van der Waals surface area contributed by atoms with E-state index in [1.165, 1.54) is 0 Å². The van der Waals surface area contributed by atoms with Crippen molar-refractivity contribution in [2.75, 3.05) is 0 Å². The van der Waals surface area contributed by atoms with Crippen LogP contribution in [0, 0.1) is 20.8 Å². The second-order valence-corrected chi connectivity index (χ2v) is 3.72. The quantitative estimate of drug-likeness (QED) is 0.648. The number of aryl methyl sites for hydroxylation is 2. The molecule has 0 N–H and O–H groups in total. The lowest BCUT2D eigenvalue weighted by molar-refractivity contribution is 0.768. The van der Waals surface area contributed by atoms with Crippen LogP contribution in [0.15, 0.2) is 9.59 Å². The maximum absolute atomic E-state index is 11.6. The van der Waals surface area contributed by atoms with E-state index in [4.69, 9.17) is 11.6 Å². The summed E-state index contributed by atoms with van der Waals surface area (Å²) in [6, 6.07) is 0. The van der Waals surface area contributed by atoms with Crippen molar-refractivity contribution in [3.8, 4) is 0 Å². The van der Waals surface area contributed by atoms with Crippen LogP contribution in [0.3, 0.4) is 0 Å². The van der Waals surface area contributed by atoms with Gasteiger partial charge in [0.15, 0.2) is 0 Å². The average Bonchev–Trinajstić information content (AvgIpc) is 2.51. The van der Waals surface area contributed by atoms with Crippen LogP contribution in [0.25, 0.3) is 0 Å². The van der Waals surface area contributed by atoms with Gasteiger partial charge in [-0.2, -0.15) is 4.52 Å². The zero-order chi connectivity index (χ0) is 10.6. The Morgan fingerprint density at radius 2 is 1.50 bits per heavy atom. The third-order valence-electron chi connectivity index (χ3n) is 2.59. The SMILES string of the molecule is Cc1c(C)n2c(C)c(Cl)c(=O)n2c1=O. The van der Waals surface area contributed by atoms with E-state index in [2.05, 4.69) is 0 Å². The van der Waals surface area contributed by atoms with Crippen molar-refractivity contribution in [1.82, 2.24) is 9.03 Å². The van der Waals surface area contributed by atoms with Crippen LogP contribution >= 0.6 is 11.6 Å². The Bertz CT molecular complexity index is 572. The molecule has 2 rings (SSSR count). The predicted molar refractivity (Wildman–Crippen MR) is 53.8 cm³/mol. The summed E-state index contributed by atoms with van der Waals surface area (Å²) in [4.78, 5) is 23.2. The maximum atomic E-state index is 11.6. The summed E-state index contributed by atoms with van der Waals surface area (Å²) in [5.74, 6) is 0. The molecule has 0 bridgehead atoms. The van der Waals surface area contributed by atoms with Crippen LogP contribution in [0.5, 0.6) is 0 Å². The number of halogens is 1. The van der Waals surface area contributed by atoms with Crippen LogP contribution in [0.1, 0.15) is 17.0 Å². The molecule has 0 aliphatic heterocycles. The third-order valence-corrected chi connectivity index (χ3v) is 3.02. The van der Waals surface area contributed by atoms with E-state index in [9.17, 15) is 9.59 Å². The van der Waals surface area contributed by atoms with Crippen LogP contribution < -0.4 is 11.1 Å². The Morgan fingerprint density at radius 3 is 2.00 bits per heavy atom. The first-order valence-corrected chi connectivity index (χ1v) is 4.57. The van der Waals surface area contributed by atoms with E-state index >= 15 is 0 Å². The molecule has 0 amide bonds. The fraction of sp³-hybridized carbons (Fsp3) is 0.333. The molecule has 2 aromatic rings. The Kier molecular flexibility index (Phi) is 1.72. The van der Waals surface area contributed by atoms with Crippen molar-refractivity contribution >= 4 is 11.6 Å². The Balaban J connectivity index is 3.25. The molecule has 0 saturated carbocycles. The summed E-state index contributed by atoms with van der Waals surface area (Å²) < 4.78 is 2.63. The largest absolute Gasteiger partial charge is 0.293 e. The summed E-state index contributed by atoms with van der Waals surface area (Å²) >= 11 is 5.77. The molecule has 2 aromatic heterocycles. The van der Waals surface area contributed by atoms with E-state index in [-0.39, 0.29) is 10.6 Å². The summed E-state index contributed by atoms with van der Waals surface area (Å²) in [6.45, 7) is 5.21. The molecular formula is C9H9ClN2O2. The minimum atomic E-state index is -0.439. The lowest BCUT2D eigenvalue weighted by Crippen LogP contribution is -2.22. The predicted octanol–water partition coefficient (Wildman–Crippen LogP) is 0.776. The molecule has 0 unspecified atom stereocenters. The van der Waals surface area contributed by atoms with Crippen LogP contribution in [-0.4, -0.2) is 9.03 Å². The van der Waals surface area contributed by atoms with Gasteiger partial charge in [0.2, 0.25) is 0 Å². The first-order valence-electron chi connectivity index (χ1n) is 4.19. The van der Waals surface area contributed by atoms with Crippen molar-refractivity contribution in [3.05, 3.63) is 42.7 Å². The van der Waals surface area contributed by atoms with Crippen molar-refractivity contribution in [2.24, 2.45) is 0 Å². The van der Waals surface area contributed by atoms with Gasteiger partial charge >= 0.3 is 0 Å². The van der Waals surface area contributed by atoms with Crippen molar-refractivity contribution < 1.29 is 0 Å². The summed E-state index contributed by atoms with van der Waals surface area (Å²) in [5.41, 5.74) is 1.23. The monoisotopic (exact) mass is 212 g/mol. The normalized spacial score (nSPS) is 11.4. The van der Waals surface area contributed by atoms with Crippen molar-refractivity contribution in [3.63, 3.8) is 0 Å². The zero-order valence-electron chi connectivity index (χ0n) is 8.09. The van der Waals surface area contributed by atoms with Gasteiger partial charge in [0.1, 0.15) is 5.02 Å². The van der Waals surface area contributed by atoms with Gasteiger partial charge in [-0.15, -0.1) is 0 Å². The van der Waals surface area contributed by atoms with E-state index in [1.54, 1.807) is 25.3 Å². The molecule has 0 aromatic carbocycles. The van der Waals surface area contributed by atoms with Crippen molar-refractivity contribution in [1.29, 1.82) is 0 Å². The summed E-state index contributed by atoms with van der Waals surface area (Å²) in [6.07, 6.45) is 0. The van der Waals surface area contributed by atoms with Gasteiger partial charge in [-0.05, 0) is 20.8 Å². The highest BCUT2D eigenvalue weighted by molar-refractivity contribution is 6.31. The van der Waals surface area contributed by atoms with Gasteiger partial charge in [-0.1, -0.05) is 11.6 Å². The Hall–Kier alpha value is -1.29. The topological polar surface area (TPSA) is 43.0 Å². The molecule has 0 aliphatic rings. The molecule has 0 atom stereocenters. The first-order chi connectivity index (χ1) is 6.46. The molecule has 0 saturated heterocycles. The second kappa shape index (κ2) is 2.60. The number of rotatable bonds is 0. The smallest absolute Gasteiger partial charge is 0.267 e. The number of hydrogen-bond donors (Lipinski definition) is 0. The zero-order valence-corrected chi connectivity index (χ0v) is 8.84. The van der Waals surface area contributed by atoms with Crippen LogP contribution in [0.4, 0.5) is 0 Å². The fourth-order valence-electron chi connectivity index (χ4n) is 1.64. The molecule has 0 fully saturated rings. The van der Waals surface area contributed by atoms with Crippen molar-refractivity contribution in [2.45, 2.75) is 20.8 Å². The van der Waals surface area contributed by atoms with Crippen LogP contribution in [0.2, 0.25) is 5.02 Å². The molecule has 0 spiro atoms. The molecule has 0 radical (unpaired) electrons. The number of hydrogen-bond acceptors (Lipinski definition) is 2. The van der Waals surface area contributed by atoms with E-state index in [1.807, 2.05) is 0 Å². The lowest BCUT2D eigenvalue weighted by Gasteiger charge is -1.94. The standard InChI is InChI=1S/C9H9ClN2O2/c1-4-5(2)11-6(3)7(10)9(14)12(11)8(4)13/h1-3H3. The molecule has 5 heteroatoms. The minimum absolute atomic E-state index is 0.116. The Labute approximate surface area is 84.7 Å². The number of aromatic nitrogens is 2. The van der Waals surface area contributed by atoms with E-state index < -0.39 is 5.56 Å². The van der Waals surface area contributed by atoms with Gasteiger partial charge in [-0.3, -0.25) is 14.1 Å².